The standard InChI is InChI=1S/C30H48O2/c1-19(8-11-24-26(4,5)32-24)20-12-14-28(7)22-10-9-21-25(2,3)23(31)13-15-29(21)18-30(22,29)17-16-27(20,28)6/h19-22,24H,8-18H2,1-7H3/t19-,20-,21+,22-,24-,27-,28+,29-,30+/m1/s1. The summed E-state index contributed by atoms with van der Waals surface area (Å²) in [4.78, 5) is 12.8. The van der Waals surface area contributed by atoms with Crippen molar-refractivity contribution >= 4 is 5.78 Å². The van der Waals surface area contributed by atoms with Crippen LogP contribution in [-0.2, 0) is 9.53 Å². The van der Waals surface area contributed by atoms with Crippen LogP contribution in [-0.4, -0.2) is 17.5 Å². The highest BCUT2D eigenvalue weighted by molar-refractivity contribution is 5.86. The number of hydrogen-bond acceptors (Lipinski definition) is 2. The zero-order valence-corrected chi connectivity index (χ0v) is 22.0. The van der Waals surface area contributed by atoms with Crippen molar-refractivity contribution in [3.8, 4) is 0 Å². The minimum atomic E-state index is -0.0836. The largest absolute Gasteiger partial charge is 0.367 e. The quantitative estimate of drug-likeness (QED) is 0.421. The molecule has 2 spiro atoms. The Hall–Kier alpha value is -0.370. The molecule has 6 rings (SSSR count). The van der Waals surface area contributed by atoms with Crippen molar-refractivity contribution < 1.29 is 9.53 Å². The van der Waals surface area contributed by atoms with E-state index in [1.807, 2.05) is 0 Å². The lowest BCUT2D eigenvalue weighted by Gasteiger charge is -2.62. The Bertz CT molecular complexity index is 842. The Kier molecular flexibility index (Phi) is 4.31. The molecule has 1 aliphatic heterocycles. The summed E-state index contributed by atoms with van der Waals surface area (Å²) in [7, 11) is 0. The molecular weight excluding hydrogens is 392 g/mol. The van der Waals surface area contributed by atoms with Gasteiger partial charge in [-0.1, -0.05) is 34.6 Å². The Morgan fingerprint density at radius 2 is 1.53 bits per heavy atom. The Morgan fingerprint density at radius 3 is 2.22 bits per heavy atom. The lowest BCUT2D eigenvalue weighted by atomic mass is 9.42. The van der Waals surface area contributed by atoms with E-state index in [4.69, 9.17) is 4.74 Å². The van der Waals surface area contributed by atoms with Gasteiger partial charge in [0, 0.05) is 11.8 Å². The van der Waals surface area contributed by atoms with Crippen molar-refractivity contribution in [2.45, 2.75) is 131 Å². The van der Waals surface area contributed by atoms with E-state index in [0.29, 0.717) is 39.5 Å². The molecule has 0 radical (unpaired) electrons. The van der Waals surface area contributed by atoms with Crippen LogP contribution in [0.4, 0.5) is 0 Å². The predicted octanol–water partition coefficient (Wildman–Crippen LogP) is 7.59. The third-order valence-electron chi connectivity index (χ3n) is 13.7. The molecule has 2 heteroatoms. The van der Waals surface area contributed by atoms with Gasteiger partial charge >= 0.3 is 0 Å². The van der Waals surface area contributed by atoms with Gasteiger partial charge < -0.3 is 4.74 Å². The SMILES string of the molecule is C[C@H](CC[C@H]1OC1(C)C)[C@H]1CC[C@@]2(C)[C@H]3CC[C@H]4C(C)(C)C(=O)CC[C@@]45C[C@@]35CC[C@]12C. The fraction of sp³-hybridized carbons (Fsp3) is 0.967. The van der Waals surface area contributed by atoms with E-state index in [0.717, 1.165) is 24.2 Å². The number of carbonyl (C=O) groups is 1. The fourth-order valence-electron chi connectivity index (χ4n) is 11.5. The number of rotatable bonds is 4. The average molecular weight is 441 g/mol. The molecule has 1 saturated heterocycles. The van der Waals surface area contributed by atoms with Gasteiger partial charge in [-0.15, -0.1) is 0 Å². The third kappa shape index (κ3) is 2.45. The second kappa shape index (κ2) is 6.24. The summed E-state index contributed by atoms with van der Waals surface area (Å²) in [6.45, 7) is 17.1. The highest BCUT2D eigenvalue weighted by Crippen LogP contribution is 2.88. The van der Waals surface area contributed by atoms with Crippen molar-refractivity contribution in [1.29, 1.82) is 0 Å². The van der Waals surface area contributed by atoms with Gasteiger partial charge in [-0.2, -0.15) is 0 Å². The normalized spacial score (nSPS) is 55.3. The van der Waals surface area contributed by atoms with E-state index in [2.05, 4.69) is 48.5 Å². The van der Waals surface area contributed by atoms with Crippen molar-refractivity contribution in [1.82, 2.24) is 0 Å². The summed E-state index contributed by atoms with van der Waals surface area (Å²) < 4.78 is 5.91. The first-order chi connectivity index (χ1) is 14.8. The molecular formula is C30H48O2. The molecule has 180 valence electrons. The minimum Gasteiger partial charge on any atom is -0.367 e. The maximum Gasteiger partial charge on any atom is 0.138 e. The Balaban J connectivity index is 1.24. The maximum absolute atomic E-state index is 12.8. The molecule has 0 bridgehead atoms. The first kappa shape index (κ1) is 22.1. The van der Waals surface area contributed by atoms with E-state index in [1.54, 1.807) is 0 Å². The summed E-state index contributed by atoms with van der Waals surface area (Å²) in [5.41, 5.74) is 2.14. The molecule has 0 unspecified atom stereocenters. The van der Waals surface area contributed by atoms with Gasteiger partial charge in [-0.05, 0) is 123 Å². The van der Waals surface area contributed by atoms with Crippen LogP contribution < -0.4 is 0 Å². The molecule has 0 aromatic heterocycles. The van der Waals surface area contributed by atoms with Crippen LogP contribution in [0, 0.1) is 50.7 Å². The van der Waals surface area contributed by atoms with Crippen LogP contribution >= 0.6 is 0 Å². The van der Waals surface area contributed by atoms with Crippen molar-refractivity contribution in [2.24, 2.45) is 50.7 Å². The van der Waals surface area contributed by atoms with Gasteiger partial charge in [0.2, 0.25) is 0 Å². The van der Waals surface area contributed by atoms with Gasteiger partial charge in [0.25, 0.3) is 0 Å². The first-order valence-corrected chi connectivity index (χ1v) is 14.1. The number of ether oxygens (including phenoxy) is 1. The molecule has 5 saturated carbocycles. The van der Waals surface area contributed by atoms with E-state index in [1.165, 1.54) is 64.2 Å². The van der Waals surface area contributed by atoms with Crippen LogP contribution in [0.5, 0.6) is 0 Å². The third-order valence-corrected chi connectivity index (χ3v) is 13.7. The molecule has 1 heterocycles. The number of fused-ring (bicyclic) bond motifs is 2. The van der Waals surface area contributed by atoms with Gasteiger partial charge in [-0.3, -0.25) is 4.79 Å². The number of hydrogen-bond donors (Lipinski definition) is 0. The number of epoxide rings is 1. The molecule has 0 N–H and O–H groups in total. The molecule has 0 aromatic carbocycles. The molecule has 5 aliphatic carbocycles. The van der Waals surface area contributed by atoms with Crippen molar-refractivity contribution in [3.05, 3.63) is 0 Å². The van der Waals surface area contributed by atoms with Crippen LogP contribution in [0.1, 0.15) is 119 Å². The summed E-state index contributed by atoms with van der Waals surface area (Å²) in [5, 5.41) is 0. The summed E-state index contributed by atoms with van der Waals surface area (Å²) in [5.74, 6) is 3.79. The van der Waals surface area contributed by atoms with E-state index < -0.39 is 0 Å². The zero-order valence-electron chi connectivity index (χ0n) is 22.0. The average Bonchev–Trinajstić information content (AvgIpc) is 3.53. The molecule has 6 fully saturated rings. The number of carbonyl (C=O) groups excluding carboxylic acids is 1. The Morgan fingerprint density at radius 1 is 0.875 bits per heavy atom. The fourth-order valence-corrected chi connectivity index (χ4v) is 11.5. The van der Waals surface area contributed by atoms with E-state index >= 15 is 0 Å². The smallest absolute Gasteiger partial charge is 0.138 e. The zero-order chi connectivity index (χ0) is 22.9. The monoisotopic (exact) mass is 440 g/mol. The molecule has 9 atom stereocenters. The number of Topliss-reactive ketones (excluding diaryl/α,β-unsaturated/α-hetero) is 1. The van der Waals surface area contributed by atoms with Crippen LogP contribution in [0.15, 0.2) is 0 Å². The van der Waals surface area contributed by atoms with Gasteiger partial charge in [0.15, 0.2) is 0 Å². The molecule has 2 nitrogen and oxygen atoms in total. The van der Waals surface area contributed by atoms with Gasteiger partial charge in [0.05, 0.1) is 11.7 Å². The second-order valence-electron chi connectivity index (χ2n) is 15.1. The molecule has 0 amide bonds. The summed E-state index contributed by atoms with van der Waals surface area (Å²) >= 11 is 0. The van der Waals surface area contributed by atoms with Crippen molar-refractivity contribution in [3.63, 3.8) is 0 Å². The van der Waals surface area contributed by atoms with E-state index in [-0.39, 0.29) is 11.0 Å². The van der Waals surface area contributed by atoms with Crippen molar-refractivity contribution in [2.75, 3.05) is 0 Å². The van der Waals surface area contributed by atoms with Crippen LogP contribution in [0.25, 0.3) is 0 Å². The second-order valence-corrected chi connectivity index (χ2v) is 15.1. The Labute approximate surface area is 197 Å². The highest BCUT2D eigenvalue weighted by Gasteiger charge is 2.82. The lowest BCUT2D eigenvalue weighted by molar-refractivity contribution is -0.157. The number of ketones is 1. The van der Waals surface area contributed by atoms with Gasteiger partial charge in [0.1, 0.15) is 5.78 Å². The first-order valence-electron chi connectivity index (χ1n) is 14.1. The van der Waals surface area contributed by atoms with Crippen LogP contribution in [0.3, 0.4) is 0 Å². The topological polar surface area (TPSA) is 29.6 Å². The molecule has 32 heavy (non-hydrogen) atoms. The summed E-state index contributed by atoms with van der Waals surface area (Å²) in [6, 6.07) is 0. The van der Waals surface area contributed by atoms with E-state index in [9.17, 15) is 4.79 Å². The minimum absolute atomic E-state index is 0.0836. The maximum atomic E-state index is 12.8. The highest BCUT2D eigenvalue weighted by atomic mass is 16.6. The predicted molar refractivity (Wildman–Crippen MR) is 129 cm³/mol. The van der Waals surface area contributed by atoms with Crippen LogP contribution in [0.2, 0.25) is 0 Å². The lowest BCUT2D eigenvalue weighted by Crippen LogP contribution is -2.57. The summed E-state index contributed by atoms with van der Waals surface area (Å²) in [6.07, 6.45) is 15.1. The van der Waals surface area contributed by atoms with Gasteiger partial charge in [-0.25, -0.2) is 0 Å². The molecule has 0 aromatic rings. The molecule has 6 aliphatic rings.